The van der Waals surface area contributed by atoms with Crippen LogP contribution in [0.3, 0.4) is 0 Å². The zero-order chi connectivity index (χ0) is 25.8. The smallest absolute Gasteiger partial charge is 0.302 e. The number of aromatic nitrogens is 1. The molecule has 0 amide bonds. The van der Waals surface area contributed by atoms with E-state index in [1.54, 1.807) is 0 Å². The van der Waals surface area contributed by atoms with E-state index in [0.717, 1.165) is 29.5 Å². The van der Waals surface area contributed by atoms with Crippen molar-refractivity contribution in [3.8, 4) is 11.3 Å². The van der Waals surface area contributed by atoms with Crippen LogP contribution >= 0.6 is 7.60 Å². The minimum Gasteiger partial charge on any atom is -0.302 e. The highest BCUT2D eigenvalue weighted by Crippen LogP contribution is 2.56. The number of nitrogens with zero attached hydrogens (tertiary/aromatic N) is 1. The molecule has 4 atom stereocenters. The summed E-state index contributed by atoms with van der Waals surface area (Å²) < 4.78 is 29.1. The zero-order valence-electron chi connectivity index (χ0n) is 22.5. The minimum atomic E-state index is -3.52. The normalized spacial score (nSPS) is 27.1. The second-order valence-electron chi connectivity index (χ2n) is 10.8. The van der Waals surface area contributed by atoms with Gasteiger partial charge in [0.1, 0.15) is 0 Å². The van der Waals surface area contributed by atoms with E-state index in [9.17, 15) is 4.57 Å². The molecule has 4 nitrogen and oxygen atoms in total. The van der Waals surface area contributed by atoms with E-state index in [1.807, 2.05) is 32.9 Å². The van der Waals surface area contributed by atoms with Crippen molar-refractivity contribution in [2.75, 3.05) is 0 Å². The number of fused-ring (bicyclic) bond motifs is 7. The van der Waals surface area contributed by atoms with Crippen molar-refractivity contribution < 1.29 is 18.2 Å². The summed E-state index contributed by atoms with van der Waals surface area (Å²) in [5.41, 5.74) is 5.43. The first-order valence-corrected chi connectivity index (χ1v) is 15.0. The van der Waals surface area contributed by atoms with Crippen LogP contribution in [-0.4, -0.2) is 12.2 Å². The molecular weight excluding hydrogens is 465 g/mol. The summed E-state index contributed by atoms with van der Waals surface area (Å²) in [5, 5.41) is 3.18. The van der Waals surface area contributed by atoms with E-state index >= 15 is 0 Å². The van der Waals surface area contributed by atoms with Gasteiger partial charge in [0.15, 0.2) is 11.7 Å². The van der Waals surface area contributed by atoms with Gasteiger partial charge in [-0.3, -0.25) is 4.57 Å². The number of benzene rings is 2. The van der Waals surface area contributed by atoms with Gasteiger partial charge in [0.05, 0.1) is 34.4 Å². The fourth-order valence-corrected chi connectivity index (χ4v) is 8.44. The van der Waals surface area contributed by atoms with Gasteiger partial charge in [0.25, 0.3) is 0 Å². The van der Waals surface area contributed by atoms with E-state index in [2.05, 4.69) is 61.9 Å². The van der Waals surface area contributed by atoms with Gasteiger partial charge < -0.3 is 9.05 Å². The molecule has 0 saturated heterocycles. The van der Waals surface area contributed by atoms with Crippen LogP contribution in [0.25, 0.3) is 27.6 Å². The van der Waals surface area contributed by atoms with Crippen molar-refractivity contribution >= 4 is 29.2 Å². The Labute approximate surface area is 215 Å². The van der Waals surface area contributed by atoms with Crippen molar-refractivity contribution in [2.45, 2.75) is 85.0 Å². The van der Waals surface area contributed by atoms with E-state index in [1.165, 1.54) is 34.9 Å². The molecule has 0 radical (unpaired) electrons. The van der Waals surface area contributed by atoms with Gasteiger partial charge in [-0.05, 0) is 74.4 Å². The number of pyridine rings is 1. The van der Waals surface area contributed by atoms with Crippen LogP contribution in [-0.2, 0) is 25.6 Å². The lowest BCUT2D eigenvalue weighted by atomic mass is 9.68. The van der Waals surface area contributed by atoms with Crippen molar-refractivity contribution in [3.05, 3.63) is 66.4 Å². The fourth-order valence-electron chi connectivity index (χ4n) is 6.42. The predicted molar refractivity (Wildman–Crippen MR) is 149 cm³/mol. The Morgan fingerprint density at radius 1 is 1.11 bits per heavy atom. The first kappa shape index (κ1) is 25.4. The third kappa shape index (κ3) is 3.64. The summed E-state index contributed by atoms with van der Waals surface area (Å²) >= 11 is 0. The Hall–Kier alpha value is -2.26. The maximum absolute atomic E-state index is 14.2. The molecule has 0 fully saturated rings. The third-order valence-corrected chi connectivity index (χ3v) is 10.6. The Balaban J connectivity index is 1.87. The minimum absolute atomic E-state index is 0.00552. The molecule has 36 heavy (non-hydrogen) atoms. The van der Waals surface area contributed by atoms with Crippen LogP contribution in [0, 0.1) is 5.92 Å². The molecule has 0 N–H and O–H groups in total. The highest BCUT2D eigenvalue weighted by Gasteiger charge is 2.56. The maximum Gasteiger partial charge on any atom is 0.361 e. The highest BCUT2D eigenvalue weighted by atomic mass is 31.2. The third-order valence-electron chi connectivity index (χ3n) is 8.39. The van der Waals surface area contributed by atoms with E-state index in [4.69, 9.17) is 15.6 Å². The van der Waals surface area contributed by atoms with Gasteiger partial charge in [-0.15, -0.1) is 0 Å². The largest absolute Gasteiger partial charge is 0.361 e. The summed E-state index contributed by atoms with van der Waals surface area (Å²) in [6.07, 6.45) is 6.00. The molecular formula is C31H39NO3P+. The molecule has 4 unspecified atom stereocenters. The molecule has 2 aliphatic rings. The molecule has 3 bridgehead atoms. The molecule has 2 aliphatic heterocycles. The first-order valence-electron chi connectivity index (χ1n) is 13.5. The second-order valence-corrected chi connectivity index (χ2v) is 12.7. The van der Waals surface area contributed by atoms with E-state index in [-0.39, 0.29) is 18.1 Å². The number of hydrogen-bond donors (Lipinski definition) is 0. The number of unbranched alkanes of at least 4 members (excludes halogenated alkanes) is 1. The average molecular weight is 505 g/mol. The second kappa shape index (κ2) is 9.24. The van der Waals surface area contributed by atoms with Crippen LogP contribution in [0.2, 0.25) is 0 Å². The Morgan fingerprint density at radius 2 is 1.89 bits per heavy atom. The van der Waals surface area contributed by atoms with Gasteiger partial charge in [-0.2, -0.15) is 4.57 Å². The molecule has 3 aromatic rings. The van der Waals surface area contributed by atoms with Crippen LogP contribution in [0.15, 0.2) is 55.2 Å². The summed E-state index contributed by atoms with van der Waals surface area (Å²) in [5.74, 6) is 0.00552. The summed E-state index contributed by atoms with van der Waals surface area (Å²) in [7, 11) is -3.52. The van der Waals surface area contributed by atoms with Crippen LogP contribution < -0.4 is 9.87 Å². The van der Waals surface area contributed by atoms with Crippen LogP contribution in [0.5, 0.6) is 0 Å². The van der Waals surface area contributed by atoms with E-state index in [0.29, 0.717) is 5.30 Å². The summed E-state index contributed by atoms with van der Waals surface area (Å²) in [6.45, 7) is 17.2. The summed E-state index contributed by atoms with van der Waals surface area (Å²) in [4.78, 5) is 0. The summed E-state index contributed by atoms with van der Waals surface area (Å²) in [6, 6.07) is 15.0. The number of hydrogen-bond acceptors (Lipinski definition) is 3. The van der Waals surface area contributed by atoms with Crippen molar-refractivity contribution in [3.63, 3.8) is 0 Å². The van der Waals surface area contributed by atoms with Crippen molar-refractivity contribution in [1.29, 1.82) is 0 Å². The van der Waals surface area contributed by atoms with E-state index < -0.39 is 13.1 Å². The standard InChI is InChI=1S/C31H39NO3P/c1-8-10-12-24-13-11-14-27-26(24)17-18-32-30(27)28-16-15-25-19-29(28)22(6)31(32,9-2)21(5)23(7)35-36(25,33)34-20(3)4/h11,13-21,23H,6,8-10,12H2,1-5,7H3/q+1. The topological polar surface area (TPSA) is 39.4 Å². The fraction of sp³-hybridized carbons (Fsp3) is 0.452. The van der Waals surface area contributed by atoms with Gasteiger partial charge in [-0.25, -0.2) is 0 Å². The maximum atomic E-state index is 14.2. The average Bonchev–Trinajstić information content (AvgIpc) is 2.86. The highest BCUT2D eigenvalue weighted by molar-refractivity contribution is 7.62. The molecule has 5 rings (SSSR count). The predicted octanol–water partition coefficient (Wildman–Crippen LogP) is 7.57. The molecule has 5 heteroatoms. The Bertz CT molecular complexity index is 1390. The molecule has 190 valence electrons. The molecule has 0 saturated carbocycles. The number of aryl methyl sites for hydroxylation is 1. The van der Waals surface area contributed by atoms with Gasteiger partial charge >= 0.3 is 7.60 Å². The molecule has 1 aromatic heterocycles. The molecule has 3 heterocycles. The van der Waals surface area contributed by atoms with Crippen molar-refractivity contribution in [1.82, 2.24) is 0 Å². The SMILES string of the molecule is C=C1c2cc3ccc2-c2c4cccc(CCCC)c4cc[n+]2C1(CC)C(C)C(C)OP3(=O)OC(C)C. The van der Waals surface area contributed by atoms with Crippen LogP contribution in [0.4, 0.5) is 0 Å². The lowest BCUT2D eigenvalue weighted by Gasteiger charge is -2.41. The monoisotopic (exact) mass is 504 g/mol. The number of rotatable bonds is 6. The van der Waals surface area contributed by atoms with Crippen LogP contribution in [0.1, 0.15) is 71.9 Å². The Morgan fingerprint density at radius 3 is 2.58 bits per heavy atom. The van der Waals surface area contributed by atoms with Gasteiger partial charge in [0, 0.05) is 18.1 Å². The molecule has 0 spiro atoms. The molecule has 0 aliphatic carbocycles. The lowest BCUT2D eigenvalue weighted by Crippen LogP contribution is -2.64. The Kier molecular flexibility index (Phi) is 6.52. The number of allylic oxidation sites excluding steroid dienone is 1. The van der Waals surface area contributed by atoms with Gasteiger partial charge in [-0.1, -0.05) is 45.9 Å². The van der Waals surface area contributed by atoms with Gasteiger partial charge in [0.2, 0.25) is 5.69 Å². The quantitative estimate of drug-likeness (QED) is 0.257. The lowest BCUT2D eigenvalue weighted by molar-refractivity contribution is -0.748. The molecule has 2 aromatic carbocycles. The zero-order valence-corrected chi connectivity index (χ0v) is 23.4. The van der Waals surface area contributed by atoms with Crippen molar-refractivity contribution in [2.24, 2.45) is 5.92 Å². The first-order chi connectivity index (χ1) is 17.2.